The minimum atomic E-state index is -3.36. The van der Waals surface area contributed by atoms with Crippen LogP contribution in [0.2, 0.25) is 0 Å². The van der Waals surface area contributed by atoms with Gasteiger partial charge in [0.05, 0.1) is 8.68 Å². The maximum absolute atomic E-state index is 11.9. The average molecular weight is 375 g/mol. The first kappa shape index (κ1) is 15.5. The zero-order chi connectivity index (χ0) is 14.8. The van der Waals surface area contributed by atoms with E-state index in [0.29, 0.717) is 4.90 Å². The summed E-state index contributed by atoms with van der Waals surface area (Å²) in [5.41, 5.74) is 0.896. The van der Waals surface area contributed by atoms with Crippen LogP contribution in [0.25, 0.3) is 0 Å². The highest BCUT2D eigenvalue weighted by Gasteiger charge is 2.16. The Morgan fingerprint density at radius 3 is 2.30 bits per heavy atom. The molecule has 0 aliphatic carbocycles. The molecule has 4 nitrogen and oxygen atoms in total. The lowest BCUT2D eigenvalue weighted by atomic mass is 10.3. The van der Waals surface area contributed by atoms with Crippen molar-refractivity contribution in [3.8, 4) is 0 Å². The van der Waals surface area contributed by atoms with Crippen molar-refractivity contribution in [2.75, 3.05) is 19.4 Å². The normalized spacial score (nSPS) is 11.8. The maximum atomic E-state index is 11.9. The molecule has 0 saturated heterocycles. The Labute approximate surface area is 131 Å². The molecule has 0 aliphatic rings. The van der Waals surface area contributed by atoms with Crippen molar-refractivity contribution in [2.24, 2.45) is 0 Å². The summed E-state index contributed by atoms with van der Waals surface area (Å²) in [6, 6.07) is 10.8. The Bertz CT molecular complexity index is 679. The van der Waals surface area contributed by atoms with E-state index in [-0.39, 0.29) is 0 Å². The van der Waals surface area contributed by atoms with Gasteiger partial charge in [-0.15, -0.1) is 11.3 Å². The van der Waals surface area contributed by atoms with E-state index in [1.54, 1.807) is 35.6 Å². The van der Waals surface area contributed by atoms with Gasteiger partial charge in [0.1, 0.15) is 0 Å². The van der Waals surface area contributed by atoms with Crippen LogP contribution in [0, 0.1) is 0 Å². The SMILES string of the molecule is CN(C)S(=O)(=O)c1ccc(NCc2ccc(Br)s2)cc1. The van der Waals surface area contributed by atoms with Gasteiger partial charge in [0, 0.05) is 31.2 Å². The molecule has 2 rings (SSSR count). The lowest BCUT2D eigenvalue weighted by Crippen LogP contribution is -2.22. The summed E-state index contributed by atoms with van der Waals surface area (Å²) in [5, 5.41) is 3.26. The highest BCUT2D eigenvalue weighted by atomic mass is 79.9. The van der Waals surface area contributed by atoms with Gasteiger partial charge in [-0.1, -0.05) is 0 Å². The van der Waals surface area contributed by atoms with E-state index in [4.69, 9.17) is 0 Å². The van der Waals surface area contributed by atoms with E-state index >= 15 is 0 Å². The fraction of sp³-hybridized carbons (Fsp3) is 0.231. The number of nitrogens with one attached hydrogen (secondary N) is 1. The standard InChI is InChI=1S/C13H15BrN2O2S2/c1-16(2)20(17,18)12-6-3-10(4-7-12)15-9-11-5-8-13(14)19-11/h3-8,15H,9H2,1-2H3. The molecule has 0 radical (unpaired) electrons. The van der Waals surface area contributed by atoms with E-state index < -0.39 is 10.0 Å². The van der Waals surface area contributed by atoms with Gasteiger partial charge >= 0.3 is 0 Å². The fourth-order valence-electron chi connectivity index (χ4n) is 1.59. The smallest absolute Gasteiger partial charge is 0.242 e. The summed E-state index contributed by atoms with van der Waals surface area (Å²) in [4.78, 5) is 1.51. The van der Waals surface area contributed by atoms with Crippen LogP contribution in [0.4, 0.5) is 5.69 Å². The molecule has 0 aliphatic heterocycles. The van der Waals surface area contributed by atoms with Crippen LogP contribution in [0.15, 0.2) is 45.1 Å². The Kier molecular flexibility index (Phi) is 4.85. The quantitative estimate of drug-likeness (QED) is 0.872. The monoisotopic (exact) mass is 374 g/mol. The first-order valence-electron chi connectivity index (χ1n) is 5.90. The third-order valence-corrected chi connectivity index (χ3v) is 6.18. The largest absolute Gasteiger partial charge is 0.380 e. The van der Waals surface area contributed by atoms with Crippen molar-refractivity contribution in [3.63, 3.8) is 0 Å². The number of sulfonamides is 1. The van der Waals surface area contributed by atoms with Crippen LogP contribution in [-0.2, 0) is 16.6 Å². The van der Waals surface area contributed by atoms with Gasteiger partial charge in [-0.3, -0.25) is 0 Å². The summed E-state index contributed by atoms with van der Waals surface area (Å²) in [6.45, 7) is 0.718. The van der Waals surface area contributed by atoms with Crippen molar-refractivity contribution in [3.05, 3.63) is 45.1 Å². The number of nitrogens with zero attached hydrogens (tertiary/aromatic N) is 1. The summed E-state index contributed by atoms with van der Waals surface area (Å²) >= 11 is 5.09. The molecule has 20 heavy (non-hydrogen) atoms. The van der Waals surface area contributed by atoms with Crippen LogP contribution in [0.1, 0.15) is 4.88 Å². The second-order valence-corrected chi connectivity index (χ2v) is 9.07. The Morgan fingerprint density at radius 2 is 1.80 bits per heavy atom. The molecule has 108 valence electrons. The van der Waals surface area contributed by atoms with E-state index in [1.807, 2.05) is 12.1 Å². The molecule has 0 unspecified atom stereocenters. The first-order valence-corrected chi connectivity index (χ1v) is 8.95. The van der Waals surface area contributed by atoms with Gasteiger partial charge in [-0.25, -0.2) is 12.7 Å². The van der Waals surface area contributed by atoms with Gasteiger partial charge < -0.3 is 5.32 Å². The van der Waals surface area contributed by atoms with Gasteiger partial charge in [-0.2, -0.15) is 0 Å². The fourth-order valence-corrected chi connectivity index (χ4v) is 3.92. The Morgan fingerprint density at radius 1 is 1.15 bits per heavy atom. The molecule has 0 fully saturated rings. The predicted molar refractivity (Wildman–Crippen MR) is 86.7 cm³/mol. The molecule has 0 spiro atoms. The second-order valence-electron chi connectivity index (χ2n) is 4.37. The first-order chi connectivity index (χ1) is 9.39. The molecule has 0 bridgehead atoms. The van der Waals surface area contributed by atoms with E-state index in [0.717, 1.165) is 16.0 Å². The number of anilines is 1. The Balaban J connectivity index is 2.05. The molecule has 1 aromatic carbocycles. The van der Waals surface area contributed by atoms with Crippen molar-refractivity contribution in [2.45, 2.75) is 11.4 Å². The van der Waals surface area contributed by atoms with E-state index in [9.17, 15) is 8.42 Å². The van der Waals surface area contributed by atoms with Crippen LogP contribution in [0.5, 0.6) is 0 Å². The highest BCUT2D eigenvalue weighted by molar-refractivity contribution is 9.11. The second kappa shape index (κ2) is 6.26. The van der Waals surface area contributed by atoms with Crippen LogP contribution >= 0.6 is 27.3 Å². The third kappa shape index (κ3) is 3.60. The molecule has 7 heteroatoms. The molecule has 0 amide bonds. The van der Waals surface area contributed by atoms with Crippen molar-refractivity contribution < 1.29 is 8.42 Å². The Hall–Kier alpha value is -0.890. The molecule has 1 aromatic heterocycles. The van der Waals surface area contributed by atoms with Gasteiger partial charge in [0.2, 0.25) is 10.0 Å². The molecule has 1 N–H and O–H groups in total. The minimum Gasteiger partial charge on any atom is -0.380 e. The summed E-state index contributed by atoms with van der Waals surface area (Å²) in [5.74, 6) is 0. The highest BCUT2D eigenvalue weighted by Crippen LogP contribution is 2.23. The zero-order valence-electron chi connectivity index (χ0n) is 11.1. The summed E-state index contributed by atoms with van der Waals surface area (Å²) in [7, 11) is -0.308. The number of rotatable bonds is 5. The summed E-state index contributed by atoms with van der Waals surface area (Å²) < 4.78 is 26.2. The van der Waals surface area contributed by atoms with Crippen LogP contribution in [-0.4, -0.2) is 26.8 Å². The van der Waals surface area contributed by atoms with Gasteiger partial charge in [0.25, 0.3) is 0 Å². The summed E-state index contributed by atoms with van der Waals surface area (Å²) in [6.07, 6.45) is 0. The molecule has 0 saturated carbocycles. The van der Waals surface area contributed by atoms with E-state index in [2.05, 4.69) is 21.2 Å². The van der Waals surface area contributed by atoms with Crippen molar-refractivity contribution >= 4 is 43.0 Å². The van der Waals surface area contributed by atoms with Crippen LogP contribution < -0.4 is 5.32 Å². The average Bonchev–Trinajstić information content (AvgIpc) is 2.82. The zero-order valence-corrected chi connectivity index (χ0v) is 14.3. The molecular weight excluding hydrogens is 360 g/mol. The lowest BCUT2D eigenvalue weighted by Gasteiger charge is -2.12. The van der Waals surface area contributed by atoms with Crippen molar-refractivity contribution in [1.29, 1.82) is 0 Å². The van der Waals surface area contributed by atoms with E-state index in [1.165, 1.54) is 23.3 Å². The number of halogens is 1. The van der Waals surface area contributed by atoms with Crippen molar-refractivity contribution in [1.82, 2.24) is 4.31 Å². The number of hydrogen-bond donors (Lipinski definition) is 1. The molecule has 2 aromatic rings. The third-order valence-electron chi connectivity index (χ3n) is 2.73. The topological polar surface area (TPSA) is 49.4 Å². The van der Waals surface area contributed by atoms with Gasteiger partial charge in [-0.05, 0) is 52.3 Å². The number of thiophene rings is 1. The maximum Gasteiger partial charge on any atom is 0.242 e. The molecular formula is C13H15BrN2O2S2. The number of benzene rings is 1. The lowest BCUT2D eigenvalue weighted by molar-refractivity contribution is 0.521. The predicted octanol–water partition coefficient (Wildman–Crippen LogP) is 3.37. The van der Waals surface area contributed by atoms with Crippen LogP contribution in [0.3, 0.4) is 0 Å². The van der Waals surface area contributed by atoms with Gasteiger partial charge in [0.15, 0.2) is 0 Å². The molecule has 1 heterocycles. The number of hydrogen-bond acceptors (Lipinski definition) is 4. The molecule has 0 atom stereocenters. The minimum absolute atomic E-state index is 0.298.